The van der Waals surface area contributed by atoms with Crippen molar-refractivity contribution in [1.82, 2.24) is 14.8 Å². The van der Waals surface area contributed by atoms with Crippen LogP contribution in [0, 0.1) is 6.92 Å². The molecule has 150 valence electrons. The Morgan fingerprint density at radius 1 is 1.33 bits per heavy atom. The number of aliphatic carboxylic acids is 1. The van der Waals surface area contributed by atoms with Crippen molar-refractivity contribution in [3.63, 3.8) is 0 Å². The Morgan fingerprint density at radius 3 is 2.48 bits per heavy atom. The monoisotopic (exact) mass is 387 g/mol. The molecule has 1 N–H and O–H groups in total. The third-order valence-electron chi connectivity index (χ3n) is 4.76. The number of carboxylic acids is 1. The normalized spacial score (nSPS) is 22.6. The first-order chi connectivity index (χ1) is 12.5. The molecule has 3 rings (SSSR count). The van der Waals surface area contributed by atoms with Crippen LogP contribution in [0.2, 0.25) is 0 Å². The van der Waals surface area contributed by atoms with Crippen LogP contribution in [-0.4, -0.2) is 62.6 Å². The lowest BCUT2D eigenvalue weighted by Gasteiger charge is -2.28. The number of carbonyl (C=O) groups excluding carboxylic acids is 1. The number of aromatic nitrogens is 1. The molecule has 2 atom stereocenters. The van der Waals surface area contributed by atoms with Crippen LogP contribution in [-0.2, 0) is 16.1 Å². The second kappa shape index (κ2) is 8.24. The summed E-state index contributed by atoms with van der Waals surface area (Å²) in [6.45, 7) is 8.19. The Labute approximate surface area is 156 Å². The molecule has 0 saturated carbocycles. The topological polar surface area (TPSA) is 73.7 Å². The van der Waals surface area contributed by atoms with Crippen LogP contribution >= 0.6 is 0 Å². The first kappa shape index (κ1) is 21.1. The number of halogens is 3. The van der Waals surface area contributed by atoms with Gasteiger partial charge in [-0.1, -0.05) is 6.07 Å². The highest BCUT2D eigenvalue weighted by atomic mass is 19.4. The number of likely N-dealkylation sites (tertiary alicyclic amines) is 2. The largest absolute Gasteiger partial charge is 0.490 e. The standard InChI is InChI=1S/C16H23N3O.C2HF3O2/c1-11(2)19-14-7-8-18(15(14)9-16(19)20)10-13-6-4-5-12(3)17-13;3-2(4,5)1(6)7/h4-6,11,14-15H,7-10H2,1-3H3;(H,6,7). The van der Waals surface area contributed by atoms with Crippen LogP contribution in [0.1, 0.15) is 38.1 Å². The van der Waals surface area contributed by atoms with Gasteiger partial charge in [0.25, 0.3) is 0 Å². The number of hydrogen-bond acceptors (Lipinski definition) is 4. The maximum atomic E-state index is 12.2. The molecule has 1 amide bonds. The minimum absolute atomic E-state index is 0.314. The summed E-state index contributed by atoms with van der Waals surface area (Å²) in [5.41, 5.74) is 2.17. The lowest BCUT2D eigenvalue weighted by Crippen LogP contribution is -2.41. The van der Waals surface area contributed by atoms with Crippen molar-refractivity contribution in [1.29, 1.82) is 0 Å². The van der Waals surface area contributed by atoms with Crippen LogP contribution in [0.15, 0.2) is 18.2 Å². The number of hydrogen-bond donors (Lipinski definition) is 1. The van der Waals surface area contributed by atoms with Gasteiger partial charge >= 0.3 is 12.1 Å². The molecule has 1 aromatic heterocycles. The molecule has 6 nitrogen and oxygen atoms in total. The maximum absolute atomic E-state index is 12.2. The molecule has 2 unspecified atom stereocenters. The molecule has 3 heterocycles. The third-order valence-corrected chi connectivity index (χ3v) is 4.76. The van der Waals surface area contributed by atoms with E-state index in [9.17, 15) is 18.0 Å². The van der Waals surface area contributed by atoms with Gasteiger partial charge in [0.2, 0.25) is 5.91 Å². The number of rotatable bonds is 3. The molecule has 9 heteroatoms. The molecule has 2 saturated heterocycles. The Bertz CT molecular complexity index is 694. The van der Waals surface area contributed by atoms with E-state index in [2.05, 4.69) is 40.8 Å². The van der Waals surface area contributed by atoms with E-state index in [1.54, 1.807) is 0 Å². The molecular formula is C18H24F3N3O3. The van der Waals surface area contributed by atoms with Crippen molar-refractivity contribution in [2.45, 2.75) is 64.5 Å². The van der Waals surface area contributed by atoms with Crippen molar-refractivity contribution >= 4 is 11.9 Å². The summed E-state index contributed by atoms with van der Waals surface area (Å²) in [5, 5.41) is 7.12. The van der Waals surface area contributed by atoms with Crippen molar-refractivity contribution in [3.05, 3.63) is 29.6 Å². The van der Waals surface area contributed by atoms with Crippen LogP contribution in [0.4, 0.5) is 13.2 Å². The average Bonchev–Trinajstić information content (AvgIpc) is 3.05. The Kier molecular flexibility index (Phi) is 6.46. The van der Waals surface area contributed by atoms with Gasteiger partial charge in [-0.25, -0.2) is 4.79 Å². The van der Waals surface area contributed by atoms with E-state index in [0.29, 0.717) is 30.5 Å². The van der Waals surface area contributed by atoms with E-state index in [1.807, 2.05) is 13.0 Å². The minimum Gasteiger partial charge on any atom is -0.475 e. The third kappa shape index (κ3) is 5.18. The smallest absolute Gasteiger partial charge is 0.475 e. The molecule has 0 aromatic carbocycles. The summed E-state index contributed by atoms with van der Waals surface area (Å²) < 4.78 is 31.7. The first-order valence-electron chi connectivity index (χ1n) is 8.78. The molecule has 2 aliphatic rings. The lowest BCUT2D eigenvalue weighted by atomic mass is 10.1. The molecule has 27 heavy (non-hydrogen) atoms. The fourth-order valence-corrected chi connectivity index (χ4v) is 3.72. The molecule has 2 fully saturated rings. The van der Waals surface area contributed by atoms with Gasteiger partial charge in [-0.05, 0) is 39.3 Å². The summed E-state index contributed by atoms with van der Waals surface area (Å²) in [6, 6.07) is 7.27. The zero-order valence-electron chi connectivity index (χ0n) is 15.5. The summed E-state index contributed by atoms with van der Waals surface area (Å²) in [7, 11) is 0. The summed E-state index contributed by atoms with van der Waals surface area (Å²) >= 11 is 0. The SMILES string of the molecule is Cc1cccc(CN2CCC3C2CC(=O)N3C(C)C)n1.O=C(O)C(F)(F)F. The fraction of sp³-hybridized carbons (Fsp3) is 0.611. The average molecular weight is 387 g/mol. The van der Waals surface area contributed by atoms with Gasteiger partial charge in [0.1, 0.15) is 0 Å². The second-order valence-corrected chi connectivity index (χ2v) is 7.07. The van der Waals surface area contributed by atoms with E-state index in [-0.39, 0.29) is 0 Å². The van der Waals surface area contributed by atoms with E-state index < -0.39 is 12.1 Å². The highest BCUT2D eigenvalue weighted by molar-refractivity contribution is 5.80. The van der Waals surface area contributed by atoms with E-state index >= 15 is 0 Å². The molecule has 1 aromatic rings. The fourth-order valence-electron chi connectivity index (χ4n) is 3.72. The highest BCUT2D eigenvalue weighted by Gasteiger charge is 2.47. The maximum Gasteiger partial charge on any atom is 0.490 e. The van der Waals surface area contributed by atoms with Gasteiger partial charge < -0.3 is 10.0 Å². The van der Waals surface area contributed by atoms with E-state index in [1.165, 1.54) is 0 Å². The van der Waals surface area contributed by atoms with E-state index in [0.717, 1.165) is 30.9 Å². The van der Waals surface area contributed by atoms with Crippen LogP contribution in [0.5, 0.6) is 0 Å². The second-order valence-electron chi connectivity index (χ2n) is 7.07. The van der Waals surface area contributed by atoms with Crippen LogP contribution in [0.3, 0.4) is 0 Å². The molecule has 0 radical (unpaired) electrons. The van der Waals surface area contributed by atoms with Crippen LogP contribution in [0.25, 0.3) is 0 Å². The first-order valence-corrected chi connectivity index (χ1v) is 8.78. The Morgan fingerprint density at radius 2 is 1.96 bits per heavy atom. The predicted octanol–water partition coefficient (Wildman–Crippen LogP) is 2.61. The number of nitrogens with zero attached hydrogens (tertiary/aromatic N) is 3. The number of alkyl halides is 3. The van der Waals surface area contributed by atoms with Crippen LogP contribution < -0.4 is 0 Å². The number of amides is 1. The number of aryl methyl sites for hydroxylation is 1. The van der Waals surface area contributed by atoms with Gasteiger partial charge in [-0.3, -0.25) is 14.7 Å². The number of pyridine rings is 1. The van der Waals surface area contributed by atoms with Gasteiger partial charge in [-0.15, -0.1) is 0 Å². The zero-order chi connectivity index (χ0) is 20.4. The number of carbonyl (C=O) groups is 2. The van der Waals surface area contributed by atoms with Gasteiger partial charge in [-0.2, -0.15) is 13.2 Å². The summed E-state index contributed by atoms with van der Waals surface area (Å²) in [4.78, 5) is 30.2. The highest BCUT2D eigenvalue weighted by Crippen LogP contribution is 2.34. The lowest BCUT2D eigenvalue weighted by molar-refractivity contribution is -0.192. The minimum atomic E-state index is -5.08. The predicted molar refractivity (Wildman–Crippen MR) is 91.9 cm³/mol. The van der Waals surface area contributed by atoms with E-state index in [4.69, 9.17) is 9.90 Å². The van der Waals surface area contributed by atoms with Crippen molar-refractivity contribution in [2.75, 3.05) is 6.54 Å². The van der Waals surface area contributed by atoms with Gasteiger partial charge in [0.05, 0.1) is 5.69 Å². The van der Waals surface area contributed by atoms with Crippen molar-refractivity contribution in [2.24, 2.45) is 0 Å². The molecular weight excluding hydrogens is 363 g/mol. The summed E-state index contributed by atoms with van der Waals surface area (Å²) in [5.74, 6) is -2.44. The number of fused-ring (bicyclic) bond motifs is 1. The molecule has 0 spiro atoms. The molecule has 2 aliphatic heterocycles. The Hall–Kier alpha value is -2.16. The van der Waals surface area contributed by atoms with Crippen molar-refractivity contribution < 1.29 is 27.9 Å². The molecule has 0 bridgehead atoms. The zero-order valence-corrected chi connectivity index (χ0v) is 15.5. The van der Waals surface area contributed by atoms with Gasteiger partial charge in [0, 0.05) is 43.3 Å². The summed E-state index contributed by atoms with van der Waals surface area (Å²) in [6.07, 6.45) is -3.31. The Balaban J connectivity index is 0.000000321. The van der Waals surface area contributed by atoms with Crippen molar-refractivity contribution in [3.8, 4) is 0 Å². The quantitative estimate of drug-likeness (QED) is 0.863. The number of carboxylic acid groups (broad SMARTS) is 1. The van der Waals surface area contributed by atoms with Gasteiger partial charge in [0.15, 0.2) is 0 Å². The molecule has 0 aliphatic carbocycles.